The fraction of sp³-hybridized carbons (Fsp3) is 0. The van der Waals surface area contributed by atoms with Crippen LogP contribution in [0, 0.1) is 41.8 Å². The van der Waals surface area contributed by atoms with Gasteiger partial charge in [0.1, 0.15) is 0 Å². The van der Waals surface area contributed by atoms with E-state index in [4.69, 9.17) is 0 Å². The molecule has 3 nitrogen and oxygen atoms in total. The van der Waals surface area contributed by atoms with E-state index in [1.54, 1.807) is 12.8 Å². The predicted octanol–water partition coefficient (Wildman–Crippen LogP) is 0.626. The van der Waals surface area contributed by atoms with E-state index in [0.29, 0.717) is 0 Å². The summed E-state index contributed by atoms with van der Waals surface area (Å²) in [6.07, 6.45) is 6.19. The van der Waals surface area contributed by atoms with E-state index in [0.717, 1.165) is 0 Å². The van der Waals surface area contributed by atoms with Crippen molar-refractivity contribution in [3.63, 3.8) is 0 Å². The van der Waals surface area contributed by atoms with Gasteiger partial charge in [0.2, 0.25) is 0 Å². The summed E-state index contributed by atoms with van der Waals surface area (Å²) in [5.74, 6) is 0. The first-order chi connectivity index (χ1) is 3.80. The van der Waals surface area contributed by atoms with Crippen molar-refractivity contribution in [3.8, 4) is 0 Å². The lowest BCUT2D eigenvalue weighted by atomic mass is 10.3. The van der Waals surface area contributed by atoms with Crippen LogP contribution in [0.2, 0.25) is 0 Å². The number of hydrogen-bond donors (Lipinski definition) is 0. The Kier molecular flexibility index (Phi) is 1.46. The maximum Gasteiger partial charge on any atom is 0.298 e. The molecule has 1 aliphatic rings. The zero-order chi connectivity index (χ0) is 5.98. The van der Waals surface area contributed by atoms with Crippen molar-refractivity contribution in [3.05, 3.63) is 41.8 Å². The summed E-state index contributed by atoms with van der Waals surface area (Å²) in [4.78, 5) is 9.45. The first-order valence-corrected chi connectivity index (χ1v) is 2.17. The summed E-state index contributed by atoms with van der Waals surface area (Å²) in [6.45, 7) is 0. The van der Waals surface area contributed by atoms with Crippen LogP contribution in [-0.2, 0) is 0 Å². The minimum atomic E-state index is -0.417. The first-order valence-electron chi connectivity index (χ1n) is 2.17. The molecule has 8 heavy (non-hydrogen) atoms. The van der Waals surface area contributed by atoms with Gasteiger partial charge in [-0.1, -0.05) is 0 Å². The molecular weight excluding hydrogens is 106 g/mol. The van der Waals surface area contributed by atoms with Crippen molar-refractivity contribution in [2.24, 2.45) is 0 Å². The van der Waals surface area contributed by atoms with E-state index >= 15 is 0 Å². The molecule has 3 heteroatoms. The van der Waals surface area contributed by atoms with Crippen LogP contribution in [-0.4, -0.2) is 4.92 Å². The molecular formula is C5H4NO2. The molecule has 0 aromatic rings. The Labute approximate surface area is 47.8 Å². The standard InChI is InChI=1S/C5H4NO2/c7-6(8)5-3-1-2-4-5/h1-4H. The molecule has 0 aromatic heterocycles. The van der Waals surface area contributed by atoms with Crippen LogP contribution < -0.4 is 0 Å². The summed E-state index contributed by atoms with van der Waals surface area (Å²) in [7, 11) is 0. The lowest BCUT2D eigenvalue weighted by Gasteiger charge is -1.91. The van der Waals surface area contributed by atoms with Crippen LogP contribution >= 0.6 is 0 Å². The van der Waals surface area contributed by atoms with Crippen molar-refractivity contribution in [2.45, 2.75) is 0 Å². The van der Waals surface area contributed by atoms with Crippen LogP contribution in [0.1, 0.15) is 0 Å². The molecule has 0 unspecified atom stereocenters. The van der Waals surface area contributed by atoms with Crippen LogP contribution in [0.15, 0.2) is 0 Å². The Morgan fingerprint density at radius 3 is 2.12 bits per heavy atom. The van der Waals surface area contributed by atoms with Gasteiger partial charge < -0.3 is 0 Å². The quantitative estimate of drug-likeness (QED) is 0.367. The first kappa shape index (κ1) is 5.54. The van der Waals surface area contributed by atoms with Gasteiger partial charge in [-0.25, -0.2) is 0 Å². The average molecular weight is 110 g/mol. The minimum absolute atomic E-state index is 0.157. The third-order valence-electron chi connectivity index (χ3n) is 0.856. The van der Waals surface area contributed by atoms with Gasteiger partial charge >= 0.3 is 0 Å². The fourth-order valence-electron chi connectivity index (χ4n) is 0.486. The fourth-order valence-corrected chi connectivity index (χ4v) is 0.486. The second kappa shape index (κ2) is 2.11. The van der Waals surface area contributed by atoms with Gasteiger partial charge in [-0.3, -0.25) is 10.1 Å². The van der Waals surface area contributed by atoms with Crippen molar-refractivity contribution >= 4 is 0 Å². The third kappa shape index (κ3) is 0.967. The zero-order valence-electron chi connectivity index (χ0n) is 4.07. The van der Waals surface area contributed by atoms with E-state index in [-0.39, 0.29) is 6.04 Å². The molecule has 5 radical (unpaired) electrons. The summed E-state index contributed by atoms with van der Waals surface area (Å²) < 4.78 is 0. The molecule has 1 saturated carbocycles. The van der Waals surface area contributed by atoms with Gasteiger partial charge in [-0.05, 0) is 12.8 Å². The van der Waals surface area contributed by atoms with E-state index in [2.05, 4.69) is 0 Å². The Morgan fingerprint density at radius 1 is 1.38 bits per heavy atom. The average Bonchev–Trinajstić information content (AvgIpc) is 2.12. The molecule has 1 rings (SSSR count). The third-order valence-corrected chi connectivity index (χ3v) is 0.856. The van der Waals surface area contributed by atoms with Crippen molar-refractivity contribution < 1.29 is 4.92 Å². The van der Waals surface area contributed by atoms with Crippen LogP contribution in [0.5, 0.6) is 0 Å². The monoisotopic (exact) mass is 110 g/mol. The normalized spacial score (nSPS) is 21.5. The highest BCUT2D eigenvalue weighted by atomic mass is 16.6. The molecule has 0 amide bonds. The largest absolute Gasteiger partial charge is 0.298 e. The van der Waals surface area contributed by atoms with Gasteiger partial charge in [0.15, 0.2) is 0 Å². The van der Waals surface area contributed by atoms with Gasteiger partial charge in [-0.2, -0.15) is 0 Å². The Balaban J connectivity index is 2.35. The molecule has 0 saturated heterocycles. The number of hydrogen-bond acceptors (Lipinski definition) is 2. The number of nitro groups is 1. The Morgan fingerprint density at radius 2 is 1.88 bits per heavy atom. The molecule has 1 fully saturated rings. The van der Waals surface area contributed by atoms with Gasteiger partial charge in [0.25, 0.3) is 6.04 Å². The van der Waals surface area contributed by atoms with E-state index in [1.807, 2.05) is 0 Å². The molecule has 41 valence electrons. The Bertz CT molecular complexity index is 96.6. The minimum Gasteiger partial charge on any atom is -0.264 e. The van der Waals surface area contributed by atoms with Crippen molar-refractivity contribution in [2.75, 3.05) is 0 Å². The highest BCUT2D eigenvalue weighted by molar-refractivity contribution is 5.30. The molecule has 0 aromatic carbocycles. The molecule has 0 atom stereocenters. The topological polar surface area (TPSA) is 43.1 Å². The highest BCUT2D eigenvalue weighted by Crippen LogP contribution is 2.22. The number of nitrogens with zero attached hydrogens (tertiary/aromatic N) is 1. The zero-order valence-corrected chi connectivity index (χ0v) is 4.07. The van der Waals surface area contributed by atoms with Crippen LogP contribution in [0.4, 0.5) is 0 Å². The van der Waals surface area contributed by atoms with Crippen molar-refractivity contribution in [1.82, 2.24) is 0 Å². The van der Waals surface area contributed by atoms with Crippen LogP contribution in [0.25, 0.3) is 0 Å². The lowest BCUT2D eigenvalue weighted by Crippen LogP contribution is -2.04. The summed E-state index contributed by atoms with van der Waals surface area (Å²) >= 11 is 0. The van der Waals surface area contributed by atoms with E-state index in [9.17, 15) is 10.1 Å². The summed E-state index contributed by atoms with van der Waals surface area (Å²) in [5, 5.41) is 9.87. The van der Waals surface area contributed by atoms with Gasteiger partial charge in [0, 0.05) is 4.92 Å². The molecule has 0 spiro atoms. The highest BCUT2D eigenvalue weighted by Gasteiger charge is 2.28. The van der Waals surface area contributed by atoms with Crippen LogP contribution in [0.3, 0.4) is 0 Å². The lowest BCUT2D eigenvalue weighted by molar-refractivity contribution is -0.452. The SMILES string of the molecule is O=[N+]([O-])[C]1[CH][CH][CH][CH]1. The van der Waals surface area contributed by atoms with Gasteiger partial charge in [-0.15, -0.1) is 0 Å². The maximum absolute atomic E-state index is 9.87. The summed E-state index contributed by atoms with van der Waals surface area (Å²) in [5.41, 5.74) is 0. The Hall–Kier alpha value is -0.600. The van der Waals surface area contributed by atoms with E-state index in [1.165, 1.54) is 12.8 Å². The molecule has 0 aliphatic heterocycles. The van der Waals surface area contributed by atoms with E-state index < -0.39 is 4.92 Å². The number of rotatable bonds is 1. The van der Waals surface area contributed by atoms with Crippen molar-refractivity contribution in [1.29, 1.82) is 0 Å². The molecule has 0 bridgehead atoms. The predicted molar refractivity (Wildman–Crippen MR) is 27.4 cm³/mol. The smallest absolute Gasteiger partial charge is 0.264 e. The van der Waals surface area contributed by atoms with Gasteiger partial charge in [0.05, 0.1) is 12.8 Å². The maximum atomic E-state index is 9.87. The molecule has 0 heterocycles. The summed E-state index contributed by atoms with van der Waals surface area (Å²) in [6, 6.07) is 0.157. The second-order valence-corrected chi connectivity index (χ2v) is 1.40. The molecule has 0 N–H and O–H groups in total. The molecule has 1 aliphatic carbocycles. The second-order valence-electron chi connectivity index (χ2n) is 1.40.